The van der Waals surface area contributed by atoms with Crippen LogP contribution in [0.4, 0.5) is 13.2 Å². The molecule has 0 aliphatic rings. The average molecular weight is 284 g/mol. The second-order valence-electron chi connectivity index (χ2n) is 3.88. The summed E-state index contributed by atoms with van der Waals surface area (Å²) in [5, 5.41) is 9.02. The van der Waals surface area contributed by atoms with Crippen LogP contribution in [0.3, 0.4) is 0 Å². The van der Waals surface area contributed by atoms with Gasteiger partial charge in [-0.15, -0.1) is 0 Å². The number of aromatic carboxylic acids is 1. The molecule has 0 amide bonds. The summed E-state index contributed by atoms with van der Waals surface area (Å²) in [6.07, 6.45) is -3.21. The van der Waals surface area contributed by atoms with Crippen LogP contribution in [0.25, 0.3) is 11.1 Å². The molecule has 0 aliphatic carbocycles. The van der Waals surface area contributed by atoms with Crippen molar-refractivity contribution in [3.8, 4) is 11.1 Å². The molecular weight excluding hydrogens is 277 g/mol. The van der Waals surface area contributed by atoms with Gasteiger partial charge in [0.15, 0.2) is 12.0 Å². The number of carbonyl (C=O) groups is 2. The molecule has 0 saturated carbocycles. The molecule has 0 saturated heterocycles. The molecule has 1 aromatic carbocycles. The third kappa shape index (κ3) is 2.42. The standard InChI is InChI=1S/C13H7F3O4/c14-13(15,16)7-1-2-9(12(18)19)10(5-7)8-3-4-20-11(8)6-17/h1-6H,(H,18,19). The van der Waals surface area contributed by atoms with Crippen molar-refractivity contribution in [1.82, 2.24) is 0 Å². The molecule has 20 heavy (non-hydrogen) atoms. The van der Waals surface area contributed by atoms with Gasteiger partial charge in [0.25, 0.3) is 0 Å². The summed E-state index contributed by atoms with van der Waals surface area (Å²) in [5.74, 6) is -1.63. The van der Waals surface area contributed by atoms with Crippen LogP contribution in [0.5, 0.6) is 0 Å². The quantitative estimate of drug-likeness (QED) is 0.876. The molecule has 7 heteroatoms. The van der Waals surface area contributed by atoms with Gasteiger partial charge in [0.05, 0.1) is 17.4 Å². The van der Waals surface area contributed by atoms with Gasteiger partial charge in [0.2, 0.25) is 0 Å². The van der Waals surface area contributed by atoms with Gasteiger partial charge in [0.1, 0.15) is 0 Å². The van der Waals surface area contributed by atoms with Crippen molar-refractivity contribution in [1.29, 1.82) is 0 Å². The Labute approximate surface area is 110 Å². The number of furan rings is 1. The highest BCUT2D eigenvalue weighted by atomic mass is 19.4. The lowest BCUT2D eigenvalue weighted by atomic mass is 9.97. The molecule has 0 atom stereocenters. The van der Waals surface area contributed by atoms with Crippen molar-refractivity contribution in [3.05, 3.63) is 47.4 Å². The van der Waals surface area contributed by atoms with Crippen molar-refractivity contribution in [2.24, 2.45) is 0 Å². The van der Waals surface area contributed by atoms with Crippen LogP contribution in [-0.2, 0) is 6.18 Å². The van der Waals surface area contributed by atoms with Crippen molar-refractivity contribution >= 4 is 12.3 Å². The third-order valence-corrected chi connectivity index (χ3v) is 2.67. The number of alkyl halides is 3. The molecule has 104 valence electrons. The molecule has 0 bridgehead atoms. The summed E-state index contributed by atoms with van der Waals surface area (Å²) >= 11 is 0. The Morgan fingerprint density at radius 3 is 2.45 bits per heavy atom. The Balaban J connectivity index is 2.71. The van der Waals surface area contributed by atoms with Crippen molar-refractivity contribution in [3.63, 3.8) is 0 Å². The maximum atomic E-state index is 12.7. The zero-order chi connectivity index (χ0) is 14.9. The molecule has 4 nitrogen and oxygen atoms in total. The number of rotatable bonds is 3. The van der Waals surface area contributed by atoms with Gasteiger partial charge in [-0.3, -0.25) is 4.79 Å². The van der Waals surface area contributed by atoms with E-state index in [0.29, 0.717) is 18.4 Å². The van der Waals surface area contributed by atoms with Gasteiger partial charge in [-0.25, -0.2) is 4.79 Å². The molecule has 0 unspecified atom stereocenters. The largest absolute Gasteiger partial charge is 0.478 e. The topological polar surface area (TPSA) is 67.5 Å². The minimum absolute atomic E-state index is 0.00324. The first-order valence-electron chi connectivity index (χ1n) is 5.32. The predicted octanol–water partition coefficient (Wildman–Crippen LogP) is 3.48. The molecule has 0 aliphatic heterocycles. The molecule has 1 aromatic heterocycles. The summed E-state index contributed by atoms with van der Waals surface area (Å²) in [5.41, 5.74) is -1.57. The Morgan fingerprint density at radius 2 is 1.90 bits per heavy atom. The fraction of sp³-hybridized carbons (Fsp3) is 0.0769. The molecular formula is C13H7F3O4. The first kappa shape index (κ1) is 13.9. The summed E-state index contributed by atoms with van der Waals surface area (Å²) in [6, 6.07) is 3.45. The number of aldehydes is 1. The first-order valence-corrected chi connectivity index (χ1v) is 5.32. The van der Waals surface area contributed by atoms with E-state index < -0.39 is 17.7 Å². The highest BCUT2D eigenvalue weighted by molar-refractivity contribution is 5.98. The van der Waals surface area contributed by atoms with Gasteiger partial charge in [-0.05, 0) is 24.3 Å². The van der Waals surface area contributed by atoms with E-state index in [1.807, 2.05) is 0 Å². The van der Waals surface area contributed by atoms with Gasteiger partial charge >= 0.3 is 12.1 Å². The molecule has 1 heterocycles. The van der Waals surface area contributed by atoms with E-state index in [-0.39, 0.29) is 22.5 Å². The van der Waals surface area contributed by atoms with Crippen LogP contribution < -0.4 is 0 Å². The number of carbonyl (C=O) groups excluding carboxylic acids is 1. The van der Waals surface area contributed by atoms with E-state index in [9.17, 15) is 22.8 Å². The van der Waals surface area contributed by atoms with Crippen LogP contribution in [-0.4, -0.2) is 17.4 Å². The SMILES string of the molecule is O=Cc1occc1-c1cc(C(F)(F)F)ccc1C(=O)O. The fourth-order valence-electron chi connectivity index (χ4n) is 1.76. The summed E-state index contributed by atoms with van der Waals surface area (Å²) in [6.45, 7) is 0. The number of carboxylic acid groups (broad SMARTS) is 1. The Kier molecular flexibility index (Phi) is 3.35. The lowest BCUT2D eigenvalue weighted by Gasteiger charge is -2.10. The van der Waals surface area contributed by atoms with Gasteiger partial charge < -0.3 is 9.52 Å². The lowest BCUT2D eigenvalue weighted by molar-refractivity contribution is -0.137. The van der Waals surface area contributed by atoms with E-state index in [1.54, 1.807) is 0 Å². The van der Waals surface area contributed by atoms with Crippen LogP contribution in [0, 0.1) is 0 Å². The van der Waals surface area contributed by atoms with Crippen LogP contribution in [0.15, 0.2) is 34.9 Å². The van der Waals surface area contributed by atoms with Gasteiger partial charge in [-0.2, -0.15) is 13.2 Å². The number of halogens is 3. The van der Waals surface area contributed by atoms with Gasteiger partial charge in [0, 0.05) is 11.1 Å². The molecule has 0 spiro atoms. The summed E-state index contributed by atoms with van der Waals surface area (Å²) < 4.78 is 42.8. The monoisotopic (exact) mass is 284 g/mol. The second kappa shape index (κ2) is 4.84. The normalized spacial score (nSPS) is 11.3. The molecule has 0 fully saturated rings. The molecule has 1 N–H and O–H groups in total. The van der Waals surface area contributed by atoms with E-state index in [2.05, 4.69) is 0 Å². The highest BCUT2D eigenvalue weighted by Crippen LogP contribution is 2.35. The minimum atomic E-state index is -4.61. The smallest absolute Gasteiger partial charge is 0.416 e. The van der Waals surface area contributed by atoms with Crippen LogP contribution in [0.1, 0.15) is 26.5 Å². The number of carboxylic acids is 1. The number of hydrogen-bond donors (Lipinski definition) is 1. The van der Waals surface area contributed by atoms with E-state index in [0.717, 1.165) is 12.3 Å². The zero-order valence-electron chi connectivity index (χ0n) is 9.77. The van der Waals surface area contributed by atoms with Crippen molar-refractivity contribution in [2.45, 2.75) is 6.18 Å². The van der Waals surface area contributed by atoms with E-state index >= 15 is 0 Å². The van der Waals surface area contributed by atoms with Gasteiger partial charge in [-0.1, -0.05) is 0 Å². The third-order valence-electron chi connectivity index (χ3n) is 2.67. The molecule has 0 radical (unpaired) electrons. The number of hydrogen-bond acceptors (Lipinski definition) is 3. The maximum Gasteiger partial charge on any atom is 0.416 e. The molecule has 2 aromatic rings. The minimum Gasteiger partial charge on any atom is -0.478 e. The van der Waals surface area contributed by atoms with Crippen molar-refractivity contribution in [2.75, 3.05) is 0 Å². The Hall–Kier alpha value is -2.57. The van der Waals surface area contributed by atoms with Crippen molar-refractivity contribution < 1.29 is 32.3 Å². The van der Waals surface area contributed by atoms with Crippen LogP contribution in [0.2, 0.25) is 0 Å². The average Bonchev–Trinajstić information content (AvgIpc) is 2.84. The Morgan fingerprint density at radius 1 is 1.20 bits per heavy atom. The summed E-state index contributed by atoms with van der Waals surface area (Å²) in [4.78, 5) is 21.8. The fourth-order valence-corrected chi connectivity index (χ4v) is 1.76. The second-order valence-corrected chi connectivity index (χ2v) is 3.88. The number of benzene rings is 1. The molecule has 2 rings (SSSR count). The maximum absolute atomic E-state index is 12.7. The Bertz CT molecular complexity index is 670. The predicted molar refractivity (Wildman–Crippen MR) is 61.5 cm³/mol. The zero-order valence-corrected chi connectivity index (χ0v) is 9.77. The lowest BCUT2D eigenvalue weighted by Crippen LogP contribution is -2.08. The van der Waals surface area contributed by atoms with Crippen LogP contribution >= 0.6 is 0 Å². The van der Waals surface area contributed by atoms with E-state index in [4.69, 9.17) is 9.52 Å². The van der Waals surface area contributed by atoms with E-state index in [1.165, 1.54) is 6.07 Å². The summed E-state index contributed by atoms with van der Waals surface area (Å²) in [7, 11) is 0. The highest BCUT2D eigenvalue weighted by Gasteiger charge is 2.32. The first-order chi connectivity index (χ1) is 9.34.